The zero-order valence-corrected chi connectivity index (χ0v) is 13.6. The molecule has 0 unspecified atom stereocenters. The molecule has 0 bridgehead atoms. The molecule has 6 heteroatoms. The molecule has 1 atom stereocenters. The Kier molecular flexibility index (Phi) is 5.31. The standard InChI is InChI=1S/C17H20ClN3O2/c18-16-7-2-1-5-13(16)9-17(22)20-14-10-19-21(11-14)12-15-6-3-4-8-23-15/h1-2,5,7,10-11,15H,3-4,6,8-9,12H2,(H,20,22)/t15-/m1/s1. The molecule has 1 saturated heterocycles. The Hall–Kier alpha value is -1.85. The van der Waals surface area contributed by atoms with Gasteiger partial charge in [-0.3, -0.25) is 9.48 Å². The maximum absolute atomic E-state index is 12.1. The van der Waals surface area contributed by atoms with Gasteiger partial charge < -0.3 is 10.1 Å². The van der Waals surface area contributed by atoms with Gasteiger partial charge >= 0.3 is 0 Å². The van der Waals surface area contributed by atoms with Crippen molar-refractivity contribution in [3.05, 3.63) is 47.2 Å². The summed E-state index contributed by atoms with van der Waals surface area (Å²) in [6.45, 7) is 1.55. The van der Waals surface area contributed by atoms with Gasteiger partial charge in [0.05, 0.1) is 31.0 Å². The number of carbonyl (C=O) groups excluding carboxylic acids is 1. The summed E-state index contributed by atoms with van der Waals surface area (Å²) < 4.78 is 7.52. The Bertz CT molecular complexity index is 665. The first-order valence-corrected chi connectivity index (χ1v) is 8.26. The quantitative estimate of drug-likeness (QED) is 0.913. The normalized spacial score (nSPS) is 17.9. The highest BCUT2D eigenvalue weighted by atomic mass is 35.5. The Morgan fingerprint density at radius 1 is 1.39 bits per heavy atom. The predicted octanol–water partition coefficient (Wildman–Crippen LogP) is 3.29. The van der Waals surface area contributed by atoms with E-state index in [-0.39, 0.29) is 18.4 Å². The Labute approximate surface area is 140 Å². The molecule has 122 valence electrons. The molecule has 0 spiro atoms. The third kappa shape index (κ3) is 4.56. The summed E-state index contributed by atoms with van der Waals surface area (Å²) in [5.74, 6) is -0.105. The fraction of sp³-hybridized carbons (Fsp3) is 0.412. The molecule has 0 aliphatic carbocycles. The number of nitrogens with one attached hydrogen (secondary N) is 1. The van der Waals surface area contributed by atoms with Crippen LogP contribution in [0.1, 0.15) is 24.8 Å². The molecule has 3 rings (SSSR count). The number of carbonyl (C=O) groups is 1. The van der Waals surface area contributed by atoms with Gasteiger partial charge in [0.1, 0.15) is 0 Å². The predicted molar refractivity (Wildman–Crippen MR) is 89.6 cm³/mol. The number of aromatic nitrogens is 2. The Morgan fingerprint density at radius 2 is 2.26 bits per heavy atom. The zero-order valence-electron chi connectivity index (χ0n) is 12.9. The van der Waals surface area contributed by atoms with Crippen LogP contribution in [-0.4, -0.2) is 28.4 Å². The average molecular weight is 334 g/mol. The largest absolute Gasteiger partial charge is 0.376 e. The molecular formula is C17H20ClN3O2. The van der Waals surface area contributed by atoms with Gasteiger partial charge in [-0.25, -0.2) is 0 Å². The average Bonchev–Trinajstić information content (AvgIpc) is 2.97. The zero-order chi connectivity index (χ0) is 16.1. The van der Waals surface area contributed by atoms with Gasteiger partial charge in [-0.1, -0.05) is 29.8 Å². The van der Waals surface area contributed by atoms with Gasteiger partial charge in [0.15, 0.2) is 0 Å². The number of nitrogens with zero attached hydrogens (tertiary/aromatic N) is 2. The van der Waals surface area contributed by atoms with Crippen molar-refractivity contribution in [3.63, 3.8) is 0 Å². The Morgan fingerprint density at radius 3 is 3.04 bits per heavy atom. The first-order valence-electron chi connectivity index (χ1n) is 7.88. The van der Waals surface area contributed by atoms with Crippen LogP contribution in [0.5, 0.6) is 0 Å². The van der Waals surface area contributed by atoms with Crippen molar-refractivity contribution in [2.75, 3.05) is 11.9 Å². The minimum atomic E-state index is -0.105. The SMILES string of the molecule is O=C(Cc1ccccc1Cl)Nc1cnn(C[C@H]2CCCCO2)c1. The van der Waals surface area contributed by atoms with Crippen LogP contribution in [-0.2, 0) is 22.5 Å². The maximum atomic E-state index is 12.1. The highest BCUT2D eigenvalue weighted by molar-refractivity contribution is 6.31. The first-order chi connectivity index (χ1) is 11.2. The van der Waals surface area contributed by atoms with E-state index in [9.17, 15) is 4.79 Å². The van der Waals surface area contributed by atoms with Gasteiger partial charge in [0.25, 0.3) is 0 Å². The van der Waals surface area contributed by atoms with Crippen LogP contribution in [0.25, 0.3) is 0 Å². The second-order valence-corrected chi connectivity index (χ2v) is 6.16. The smallest absolute Gasteiger partial charge is 0.228 e. The first kappa shape index (κ1) is 16.0. The molecule has 1 N–H and O–H groups in total. The second-order valence-electron chi connectivity index (χ2n) is 5.76. The molecular weight excluding hydrogens is 314 g/mol. The van der Waals surface area contributed by atoms with Crippen LogP contribution in [0.2, 0.25) is 5.02 Å². The molecule has 1 aromatic carbocycles. The van der Waals surface area contributed by atoms with Crippen LogP contribution in [0, 0.1) is 0 Å². The van der Waals surface area contributed by atoms with Crippen LogP contribution < -0.4 is 5.32 Å². The topological polar surface area (TPSA) is 56.2 Å². The van der Waals surface area contributed by atoms with Gasteiger partial charge in [-0.2, -0.15) is 5.10 Å². The van der Waals surface area contributed by atoms with E-state index in [1.807, 2.05) is 29.1 Å². The summed E-state index contributed by atoms with van der Waals surface area (Å²) in [5.41, 5.74) is 1.51. The van der Waals surface area contributed by atoms with E-state index in [1.165, 1.54) is 6.42 Å². The van der Waals surface area contributed by atoms with Crippen molar-refractivity contribution in [1.29, 1.82) is 0 Å². The minimum Gasteiger partial charge on any atom is -0.376 e. The summed E-state index contributed by atoms with van der Waals surface area (Å²) in [5, 5.41) is 7.74. The fourth-order valence-electron chi connectivity index (χ4n) is 2.71. The fourth-order valence-corrected chi connectivity index (χ4v) is 2.91. The second kappa shape index (κ2) is 7.62. The number of hydrogen-bond donors (Lipinski definition) is 1. The third-order valence-electron chi connectivity index (χ3n) is 3.89. The van der Waals surface area contributed by atoms with Crippen LogP contribution >= 0.6 is 11.6 Å². The Balaban J connectivity index is 1.54. The molecule has 5 nitrogen and oxygen atoms in total. The molecule has 2 heterocycles. The monoisotopic (exact) mass is 333 g/mol. The lowest BCUT2D eigenvalue weighted by Crippen LogP contribution is -2.24. The number of rotatable bonds is 5. The van der Waals surface area contributed by atoms with Crippen LogP contribution in [0.3, 0.4) is 0 Å². The van der Waals surface area contributed by atoms with E-state index in [0.717, 1.165) is 31.6 Å². The van der Waals surface area contributed by atoms with E-state index in [2.05, 4.69) is 10.4 Å². The molecule has 23 heavy (non-hydrogen) atoms. The van der Waals surface area contributed by atoms with Crippen molar-refractivity contribution in [2.45, 2.75) is 38.3 Å². The maximum Gasteiger partial charge on any atom is 0.228 e. The lowest BCUT2D eigenvalue weighted by molar-refractivity contribution is -0.115. The lowest BCUT2D eigenvalue weighted by Gasteiger charge is -2.22. The number of amides is 1. The highest BCUT2D eigenvalue weighted by Gasteiger charge is 2.15. The van der Waals surface area contributed by atoms with Gasteiger partial charge in [-0.05, 0) is 30.9 Å². The number of halogens is 1. The van der Waals surface area contributed by atoms with E-state index in [0.29, 0.717) is 10.7 Å². The molecule has 1 aliphatic heterocycles. The van der Waals surface area contributed by atoms with Crippen molar-refractivity contribution < 1.29 is 9.53 Å². The molecule has 1 amide bonds. The number of anilines is 1. The number of hydrogen-bond acceptors (Lipinski definition) is 3. The van der Waals surface area contributed by atoms with Crippen molar-refractivity contribution >= 4 is 23.2 Å². The minimum absolute atomic E-state index is 0.105. The third-order valence-corrected chi connectivity index (χ3v) is 4.26. The van der Waals surface area contributed by atoms with E-state index in [1.54, 1.807) is 12.3 Å². The molecule has 1 aliphatic rings. The highest BCUT2D eigenvalue weighted by Crippen LogP contribution is 2.17. The molecule has 1 aromatic heterocycles. The molecule has 2 aromatic rings. The van der Waals surface area contributed by atoms with Crippen molar-refractivity contribution in [2.24, 2.45) is 0 Å². The molecule has 0 radical (unpaired) electrons. The number of ether oxygens (including phenoxy) is 1. The van der Waals surface area contributed by atoms with E-state index in [4.69, 9.17) is 16.3 Å². The summed E-state index contributed by atoms with van der Waals surface area (Å²) in [6.07, 6.45) is 7.36. The van der Waals surface area contributed by atoms with Gasteiger partial charge in [0, 0.05) is 17.8 Å². The number of benzene rings is 1. The summed E-state index contributed by atoms with van der Waals surface area (Å²) in [7, 11) is 0. The summed E-state index contributed by atoms with van der Waals surface area (Å²) in [6, 6.07) is 7.36. The van der Waals surface area contributed by atoms with Crippen LogP contribution in [0.4, 0.5) is 5.69 Å². The van der Waals surface area contributed by atoms with E-state index < -0.39 is 0 Å². The van der Waals surface area contributed by atoms with E-state index >= 15 is 0 Å². The van der Waals surface area contributed by atoms with Crippen molar-refractivity contribution in [3.8, 4) is 0 Å². The lowest BCUT2D eigenvalue weighted by atomic mass is 10.1. The van der Waals surface area contributed by atoms with Crippen LogP contribution in [0.15, 0.2) is 36.7 Å². The van der Waals surface area contributed by atoms with Crippen molar-refractivity contribution in [1.82, 2.24) is 9.78 Å². The molecule has 0 saturated carbocycles. The van der Waals surface area contributed by atoms with Gasteiger partial charge in [-0.15, -0.1) is 0 Å². The summed E-state index contributed by atoms with van der Waals surface area (Å²) in [4.78, 5) is 12.1. The summed E-state index contributed by atoms with van der Waals surface area (Å²) >= 11 is 6.07. The molecule has 1 fully saturated rings. The van der Waals surface area contributed by atoms with Gasteiger partial charge in [0.2, 0.25) is 5.91 Å².